The average Bonchev–Trinajstić information content (AvgIpc) is 2.69. The molecular formula is C11H13Br2NO4S2. The Kier molecular flexibility index (Phi) is 5.28. The van der Waals surface area contributed by atoms with Gasteiger partial charge >= 0.3 is 5.97 Å². The molecule has 0 unspecified atom stereocenters. The Hall–Kier alpha value is 0.0400. The molecule has 1 N–H and O–H groups in total. The van der Waals surface area contributed by atoms with Crippen molar-refractivity contribution < 1.29 is 18.3 Å². The molecule has 0 atom stereocenters. The number of thiophene rings is 1. The zero-order chi connectivity index (χ0) is 14.9. The summed E-state index contributed by atoms with van der Waals surface area (Å²) in [5.74, 6) is -0.757. The summed E-state index contributed by atoms with van der Waals surface area (Å²) in [6.07, 6.45) is 1.30. The monoisotopic (exact) mass is 445 g/mol. The number of piperidine rings is 1. The molecule has 0 aliphatic carbocycles. The number of hydrogen-bond acceptors (Lipinski definition) is 4. The zero-order valence-corrected chi connectivity index (χ0v) is 15.2. The van der Waals surface area contributed by atoms with Crippen molar-refractivity contribution in [3.8, 4) is 0 Å². The summed E-state index contributed by atoms with van der Waals surface area (Å²) in [5.41, 5.74) is 0. The van der Waals surface area contributed by atoms with Crippen LogP contribution in [0.4, 0.5) is 0 Å². The Morgan fingerprint density at radius 3 is 2.45 bits per heavy atom. The van der Waals surface area contributed by atoms with E-state index in [0.717, 1.165) is 3.79 Å². The second kappa shape index (κ2) is 6.43. The first-order chi connectivity index (χ1) is 9.30. The van der Waals surface area contributed by atoms with Gasteiger partial charge < -0.3 is 5.11 Å². The molecule has 0 aromatic carbocycles. The third-order valence-corrected chi connectivity index (χ3v) is 7.93. The average molecular weight is 447 g/mol. The van der Waals surface area contributed by atoms with E-state index < -0.39 is 16.0 Å². The number of aliphatic carboxylic acids is 1. The Labute approximate surface area is 138 Å². The Bertz CT molecular complexity index is 606. The highest BCUT2D eigenvalue weighted by Gasteiger charge is 2.32. The highest BCUT2D eigenvalue weighted by atomic mass is 79.9. The topological polar surface area (TPSA) is 74.7 Å². The van der Waals surface area contributed by atoms with Crippen LogP contribution in [-0.2, 0) is 14.8 Å². The first kappa shape index (κ1) is 16.4. The van der Waals surface area contributed by atoms with Crippen LogP contribution in [0.15, 0.2) is 18.5 Å². The molecule has 1 saturated heterocycles. The molecule has 0 spiro atoms. The van der Waals surface area contributed by atoms with Gasteiger partial charge in [0.2, 0.25) is 10.0 Å². The minimum absolute atomic E-state index is 0.0663. The molecule has 0 saturated carbocycles. The predicted octanol–water partition coefficient (Wildman–Crippen LogP) is 3.15. The first-order valence-electron chi connectivity index (χ1n) is 5.97. The van der Waals surface area contributed by atoms with Crippen molar-refractivity contribution in [3.05, 3.63) is 13.6 Å². The number of halogens is 2. The number of sulfonamides is 1. The fourth-order valence-corrected chi connectivity index (χ4v) is 7.47. The maximum Gasteiger partial charge on any atom is 0.303 e. The standard InChI is InChI=1S/C11H13Br2NO4S2/c12-9-6-8(11(13)19-9)20(17,18)14-3-1-7(2-4-14)5-10(15)16/h6-7H,1-5H2,(H,15,16). The van der Waals surface area contributed by atoms with Crippen LogP contribution in [0.5, 0.6) is 0 Å². The molecule has 0 radical (unpaired) electrons. The van der Waals surface area contributed by atoms with E-state index in [-0.39, 0.29) is 17.2 Å². The van der Waals surface area contributed by atoms with Gasteiger partial charge in [-0.15, -0.1) is 11.3 Å². The van der Waals surface area contributed by atoms with Crippen LogP contribution >= 0.6 is 43.2 Å². The van der Waals surface area contributed by atoms with E-state index in [4.69, 9.17) is 5.11 Å². The molecule has 1 aromatic heterocycles. The van der Waals surface area contributed by atoms with Crippen molar-refractivity contribution in [2.24, 2.45) is 5.92 Å². The lowest BCUT2D eigenvalue weighted by atomic mass is 9.95. The van der Waals surface area contributed by atoms with Gasteiger partial charge in [-0.05, 0) is 56.7 Å². The van der Waals surface area contributed by atoms with E-state index in [0.29, 0.717) is 29.7 Å². The molecule has 1 fully saturated rings. The van der Waals surface area contributed by atoms with Crippen LogP contribution in [0.1, 0.15) is 19.3 Å². The Morgan fingerprint density at radius 2 is 2.00 bits per heavy atom. The molecular weight excluding hydrogens is 434 g/mol. The number of carboxylic acids is 1. The second-order valence-electron chi connectivity index (χ2n) is 4.63. The summed E-state index contributed by atoms with van der Waals surface area (Å²) in [4.78, 5) is 10.9. The zero-order valence-electron chi connectivity index (χ0n) is 10.4. The SMILES string of the molecule is O=C(O)CC1CCN(S(=O)(=O)c2cc(Br)sc2Br)CC1. The third kappa shape index (κ3) is 3.62. The number of carbonyl (C=O) groups is 1. The Balaban J connectivity index is 2.10. The number of rotatable bonds is 4. The van der Waals surface area contributed by atoms with Crippen molar-refractivity contribution in [3.63, 3.8) is 0 Å². The van der Waals surface area contributed by atoms with Crippen LogP contribution in [-0.4, -0.2) is 36.9 Å². The highest BCUT2D eigenvalue weighted by Crippen LogP contribution is 2.37. The van der Waals surface area contributed by atoms with Gasteiger partial charge in [0, 0.05) is 19.5 Å². The van der Waals surface area contributed by atoms with Gasteiger partial charge in [-0.1, -0.05) is 0 Å². The Morgan fingerprint density at radius 1 is 1.40 bits per heavy atom. The molecule has 112 valence electrons. The van der Waals surface area contributed by atoms with Crippen LogP contribution in [0.25, 0.3) is 0 Å². The van der Waals surface area contributed by atoms with Crippen LogP contribution in [0.3, 0.4) is 0 Å². The minimum atomic E-state index is -3.50. The first-order valence-corrected chi connectivity index (χ1v) is 9.81. The van der Waals surface area contributed by atoms with E-state index >= 15 is 0 Å². The summed E-state index contributed by atoms with van der Waals surface area (Å²) >= 11 is 7.86. The van der Waals surface area contributed by atoms with E-state index in [2.05, 4.69) is 31.9 Å². The van der Waals surface area contributed by atoms with Crippen molar-refractivity contribution in [2.45, 2.75) is 24.2 Å². The van der Waals surface area contributed by atoms with Crippen molar-refractivity contribution in [1.29, 1.82) is 0 Å². The van der Waals surface area contributed by atoms with Gasteiger partial charge in [-0.25, -0.2) is 8.42 Å². The normalized spacial score (nSPS) is 18.3. The molecule has 2 rings (SSSR count). The molecule has 1 aromatic rings. The molecule has 1 aliphatic rings. The van der Waals surface area contributed by atoms with Crippen LogP contribution in [0.2, 0.25) is 0 Å². The maximum absolute atomic E-state index is 12.5. The number of hydrogen-bond donors (Lipinski definition) is 1. The summed E-state index contributed by atoms with van der Waals surface area (Å²) in [6.45, 7) is 0.750. The van der Waals surface area contributed by atoms with Gasteiger partial charge in [-0.2, -0.15) is 4.31 Å². The van der Waals surface area contributed by atoms with Crippen LogP contribution < -0.4 is 0 Å². The van der Waals surface area contributed by atoms with E-state index in [1.165, 1.54) is 15.6 Å². The lowest BCUT2D eigenvalue weighted by Crippen LogP contribution is -2.38. The molecule has 20 heavy (non-hydrogen) atoms. The van der Waals surface area contributed by atoms with Crippen LogP contribution in [0, 0.1) is 5.92 Å². The largest absolute Gasteiger partial charge is 0.481 e. The molecule has 5 nitrogen and oxygen atoms in total. The minimum Gasteiger partial charge on any atom is -0.481 e. The fourth-order valence-electron chi connectivity index (χ4n) is 2.24. The predicted molar refractivity (Wildman–Crippen MR) is 83.5 cm³/mol. The second-order valence-corrected chi connectivity index (χ2v) is 10.3. The van der Waals surface area contributed by atoms with Crippen molar-refractivity contribution >= 4 is 59.2 Å². The van der Waals surface area contributed by atoms with Gasteiger partial charge in [-0.3, -0.25) is 4.79 Å². The summed E-state index contributed by atoms with van der Waals surface area (Å²) in [6, 6.07) is 1.59. The lowest BCUT2D eigenvalue weighted by Gasteiger charge is -2.30. The van der Waals surface area contributed by atoms with E-state index in [1.807, 2.05) is 0 Å². The van der Waals surface area contributed by atoms with Gasteiger partial charge in [0.15, 0.2) is 0 Å². The van der Waals surface area contributed by atoms with Crippen molar-refractivity contribution in [2.75, 3.05) is 13.1 Å². The van der Waals surface area contributed by atoms with Gasteiger partial charge in [0.1, 0.15) is 4.90 Å². The number of nitrogens with zero attached hydrogens (tertiary/aromatic N) is 1. The summed E-state index contributed by atoms with van der Waals surface area (Å²) in [5, 5.41) is 8.77. The fraction of sp³-hybridized carbons (Fsp3) is 0.545. The van der Waals surface area contributed by atoms with Gasteiger partial charge in [0.05, 0.1) is 7.57 Å². The van der Waals surface area contributed by atoms with E-state index in [1.54, 1.807) is 6.07 Å². The lowest BCUT2D eigenvalue weighted by molar-refractivity contribution is -0.138. The summed E-state index contributed by atoms with van der Waals surface area (Å²) < 4.78 is 27.8. The number of carboxylic acid groups (broad SMARTS) is 1. The molecule has 2 heterocycles. The summed E-state index contributed by atoms with van der Waals surface area (Å²) in [7, 11) is -3.50. The molecule has 1 aliphatic heterocycles. The molecule has 0 amide bonds. The third-order valence-electron chi connectivity index (χ3n) is 3.28. The van der Waals surface area contributed by atoms with Crippen molar-refractivity contribution in [1.82, 2.24) is 4.31 Å². The van der Waals surface area contributed by atoms with E-state index in [9.17, 15) is 13.2 Å². The molecule has 9 heteroatoms. The maximum atomic E-state index is 12.5. The smallest absolute Gasteiger partial charge is 0.303 e. The highest BCUT2D eigenvalue weighted by molar-refractivity contribution is 9.12. The molecule has 0 bridgehead atoms. The van der Waals surface area contributed by atoms with Gasteiger partial charge in [0.25, 0.3) is 0 Å². The quantitative estimate of drug-likeness (QED) is 0.770.